The molecular weight excluding hydrogens is 304 g/mol. The van der Waals surface area contributed by atoms with Crippen LogP contribution in [-0.4, -0.2) is 8.07 Å². The molecule has 0 aliphatic carbocycles. The van der Waals surface area contributed by atoms with Gasteiger partial charge in [-0.05, 0) is 43.1 Å². The lowest BCUT2D eigenvalue weighted by Gasteiger charge is -2.22. The Balaban J connectivity index is 2.16. The summed E-state index contributed by atoms with van der Waals surface area (Å²) in [6.45, 7) is 7.32. The Morgan fingerprint density at radius 3 is 1.62 bits per heavy atom. The molecule has 0 bridgehead atoms. The first kappa shape index (κ1) is 14.0. The van der Waals surface area contributed by atoms with E-state index in [9.17, 15) is 0 Å². The van der Waals surface area contributed by atoms with E-state index >= 15 is 0 Å². The minimum atomic E-state index is -1.39. The molecule has 24 heavy (non-hydrogen) atoms. The lowest BCUT2D eigenvalue weighted by atomic mass is 9.90. The molecule has 0 saturated carbocycles. The van der Waals surface area contributed by atoms with Crippen LogP contribution in [-0.2, 0) is 0 Å². The molecule has 0 aliphatic heterocycles. The normalized spacial score (nSPS) is 12.8. The number of hydrogen-bond acceptors (Lipinski definition) is 0. The van der Waals surface area contributed by atoms with Gasteiger partial charge in [0.2, 0.25) is 0 Å². The molecule has 0 saturated heterocycles. The summed E-state index contributed by atoms with van der Waals surface area (Å²) in [5.41, 5.74) is 0. The third-order valence-corrected chi connectivity index (χ3v) is 7.39. The second-order valence-corrected chi connectivity index (χ2v) is 12.9. The summed E-state index contributed by atoms with van der Waals surface area (Å²) in [6, 6.07) is 25.0. The number of hydrogen-bond donors (Lipinski definition) is 0. The Morgan fingerprint density at radius 2 is 1.00 bits per heavy atom. The maximum Gasteiger partial charge on any atom is 0.0784 e. The Kier molecular flexibility index (Phi) is 2.67. The van der Waals surface area contributed by atoms with Gasteiger partial charge in [-0.15, -0.1) is 0 Å². The molecule has 5 aromatic carbocycles. The number of rotatable bonds is 1. The minimum Gasteiger partial charge on any atom is -0.0656 e. The minimum absolute atomic E-state index is 1.34. The summed E-state index contributed by atoms with van der Waals surface area (Å²) >= 11 is 0. The van der Waals surface area contributed by atoms with Crippen LogP contribution in [0.15, 0.2) is 66.7 Å². The maximum absolute atomic E-state index is 2.44. The summed E-state index contributed by atoms with van der Waals surface area (Å²) in [5.74, 6) is 0. The van der Waals surface area contributed by atoms with E-state index in [2.05, 4.69) is 86.4 Å². The Labute approximate surface area is 143 Å². The molecule has 1 heteroatoms. The van der Waals surface area contributed by atoms with Crippen LogP contribution < -0.4 is 5.19 Å². The molecular formula is C23H20Si. The fraction of sp³-hybridized carbons (Fsp3) is 0.130. The number of fused-ring (bicyclic) bond motifs is 2. The summed E-state index contributed by atoms with van der Waals surface area (Å²) in [7, 11) is -1.39. The quantitative estimate of drug-likeness (QED) is 0.193. The summed E-state index contributed by atoms with van der Waals surface area (Å²) in [4.78, 5) is 0. The monoisotopic (exact) mass is 324 g/mol. The third-order valence-electron chi connectivity index (χ3n) is 5.33. The van der Waals surface area contributed by atoms with E-state index in [-0.39, 0.29) is 0 Å². The second kappa shape index (κ2) is 4.58. The van der Waals surface area contributed by atoms with E-state index in [1.807, 2.05) is 0 Å². The first-order chi connectivity index (χ1) is 11.6. The first-order valence-electron chi connectivity index (χ1n) is 8.64. The van der Waals surface area contributed by atoms with Crippen molar-refractivity contribution in [1.29, 1.82) is 0 Å². The molecule has 0 aromatic heterocycles. The molecule has 0 amide bonds. The molecule has 0 nitrogen and oxygen atoms in total. The van der Waals surface area contributed by atoms with Crippen molar-refractivity contribution in [2.45, 2.75) is 19.6 Å². The van der Waals surface area contributed by atoms with Crippen LogP contribution in [0.25, 0.3) is 43.1 Å². The second-order valence-electron chi connectivity index (χ2n) is 7.85. The van der Waals surface area contributed by atoms with Crippen molar-refractivity contribution < 1.29 is 0 Å². The zero-order chi connectivity index (χ0) is 16.5. The molecule has 116 valence electrons. The summed E-state index contributed by atoms with van der Waals surface area (Å²) in [6.07, 6.45) is 0. The van der Waals surface area contributed by atoms with Gasteiger partial charge in [-0.1, -0.05) is 91.6 Å². The van der Waals surface area contributed by atoms with Crippen molar-refractivity contribution in [2.75, 3.05) is 0 Å². The summed E-state index contributed by atoms with van der Waals surface area (Å²) in [5, 5.41) is 12.8. The molecule has 0 unspecified atom stereocenters. The highest BCUT2D eigenvalue weighted by atomic mass is 28.3. The van der Waals surface area contributed by atoms with E-state index in [1.165, 1.54) is 43.1 Å². The standard InChI is InChI=1S/C23H20Si/c1-24(2,3)21-14-13-19-17-10-5-8-15-7-4-9-16(22(15)17)18-11-6-12-20(21)23(18)19/h4-14H,1-3H3. The largest absolute Gasteiger partial charge is 0.0784 e. The van der Waals surface area contributed by atoms with Crippen molar-refractivity contribution in [3.8, 4) is 0 Å². The van der Waals surface area contributed by atoms with Gasteiger partial charge < -0.3 is 0 Å². The van der Waals surface area contributed by atoms with E-state index in [1.54, 1.807) is 5.19 Å². The molecule has 0 N–H and O–H groups in total. The zero-order valence-electron chi connectivity index (χ0n) is 14.4. The van der Waals surface area contributed by atoms with Crippen LogP contribution in [0, 0.1) is 0 Å². The number of benzene rings is 5. The van der Waals surface area contributed by atoms with Crippen LogP contribution >= 0.6 is 0 Å². The molecule has 0 fully saturated rings. The van der Waals surface area contributed by atoms with E-state index in [4.69, 9.17) is 0 Å². The van der Waals surface area contributed by atoms with Gasteiger partial charge >= 0.3 is 0 Å². The fourth-order valence-corrected chi connectivity index (χ4v) is 5.90. The fourth-order valence-electron chi connectivity index (χ4n) is 4.30. The average molecular weight is 324 g/mol. The van der Waals surface area contributed by atoms with Gasteiger partial charge in [-0.25, -0.2) is 0 Å². The molecule has 0 atom stereocenters. The van der Waals surface area contributed by atoms with E-state index in [0.29, 0.717) is 0 Å². The van der Waals surface area contributed by atoms with Crippen LogP contribution in [0.2, 0.25) is 19.6 Å². The molecule has 0 spiro atoms. The first-order valence-corrected chi connectivity index (χ1v) is 12.1. The highest BCUT2D eigenvalue weighted by molar-refractivity contribution is 6.90. The van der Waals surface area contributed by atoms with Crippen molar-refractivity contribution in [3.05, 3.63) is 66.7 Å². The van der Waals surface area contributed by atoms with Gasteiger partial charge in [0.25, 0.3) is 0 Å². The highest BCUT2D eigenvalue weighted by Crippen LogP contribution is 2.39. The van der Waals surface area contributed by atoms with Gasteiger partial charge in [0.15, 0.2) is 0 Å². The van der Waals surface area contributed by atoms with E-state index < -0.39 is 8.07 Å². The highest BCUT2D eigenvalue weighted by Gasteiger charge is 2.21. The van der Waals surface area contributed by atoms with Crippen LogP contribution in [0.3, 0.4) is 0 Å². The lowest BCUT2D eigenvalue weighted by molar-refractivity contribution is 1.73. The van der Waals surface area contributed by atoms with Crippen molar-refractivity contribution in [2.24, 2.45) is 0 Å². The molecule has 5 rings (SSSR count). The Hall–Kier alpha value is -2.38. The van der Waals surface area contributed by atoms with Crippen LogP contribution in [0.5, 0.6) is 0 Å². The average Bonchev–Trinajstić information content (AvgIpc) is 2.58. The molecule has 0 heterocycles. The third kappa shape index (κ3) is 1.73. The Bertz CT molecular complexity index is 1180. The van der Waals surface area contributed by atoms with Gasteiger partial charge in [0.05, 0.1) is 8.07 Å². The topological polar surface area (TPSA) is 0 Å². The maximum atomic E-state index is 2.44. The van der Waals surface area contributed by atoms with Crippen molar-refractivity contribution >= 4 is 56.4 Å². The van der Waals surface area contributed by atoms with Gasteiger partial charge in [0.1, 0.15) is 0 Å². The predicted molar refractivity (Wildman–Crippen MR) is 111 cm³/mol. The smallest absolute Gasteiger partial charge is 0.0656 e. The predicted octanol–water partition coefficient (Wildman–Crippen LogP) is 6.28. The van der Waals surface area contributed by atoms with Gasteiger partial charge in [-0.2, -0.15) is 0 Å². The van der Waals surface area contributed by atoms with Crippen molar-refractivity contribution in [1.82, 2.24) is 0 Å². The molecule has 0 aliphatic rings. The SMILES string of the molecule is C[Si](C)(C)c1ccc2c3cccc4cccc(c5cccc1c52)c43. The lowest BCUT2D eigenvalue weighted by Crippen LogP contribution is -2.38. The van der Waals surface area contributed by atoms with Gasteiger partial charge in [0, 0.05) is 0 Å². The zero-order valence-corrected chi connectivity index (χ0v) is 15.4. The van der Waals surface area contributed by atoms with E-state index in [0.717, 1.165) is 0 Å². The molecule has 0 radical (unpaired) electrons. The van der Waals surface area contributed by atoms with Crippen LogP contribution in [0.4, 0.5) is 0 Å². The van der Waals surface area contributed by atoms with Gasteiger partial charge in [-0.3, -0.25) is 0 Å². The molecule has 5 aromatic rings. The van der Waals surface area contributed by atoms with Crippen LogP contribution in [0.1, 0.15) is 0 Å². The van der Waals surface area contributed by atoms with Crippen molar-refractivity contribution in [3.63, 3.8) is 0 Å². The summed E-state index contributed by atoms with van der Waals surface area (Å²) < 4.78 is 0. The Morgan fingerprint density at radius 1 is 0.500 bits per heavy atom.